The first-order chi connectivity index (χ1) is 10.7. The Morgan fingerprint density at radius 3 is 2.32 bits per heavy atom. The Kier molecular flexibility index (Phi) is 10.7. The Balaban J connectivity index is 0.000000462. The number of fused-ring (bicyclic) bond motifs is 3. The van der Waals surface area contributed by atoms with Crippen LogP contribution in [0, 0.1) is 13.0 Å². The van der Waals surface area contributed by atoms with E-state index in [1.807, 2.05) is 6.07 Å². The minimum atomic E-state index is 0. The van der Waals surface area contributed by atoms with E-state index in [9.17, 15) is 0 Å². The summed E-state index contributed by atoms with van der Waals surface area (Å²) in [5.41, 5.74) is 8.40. The predicted molar refractivity (Wildman–Crippen MR) is 94.4 cm³/mol. The van der Waals surface area contributed by atoms with Gasteiger partial charge in [0, 0.05) is 0 Å². The summed E-state index contributed by atoms with van der Waals surface area (Å²) in [6, 6.07) is 24.6. The van der Waals surface area contributed by atoms with Crippen LogP contribution in [0.3, 0.4) is 0 Å². The monoisotopic (exact) mass is 446 g/mol. The van der Waals surface area contributed by atoms with E-state index in [0.29, 0.717) is 5.92 Å². The molecule has 0 nitrogen and oxygen atoms in total. The van der Waals surface area contributed by atoms with Gasteiger partial charge in [0.05, 0.1) is 0 Å². The van der Waals surface area contributed by atoms with Crippen molar-refractivity contribution in [2.45, 2.75) is 33.1 Å². The molecule has 0 bridgehead atoms. The molecule has 4 rings (SSSR count). The van der Waals surface area contributed by atoms with Crippen molar-refractivity contribution in [2.75, 3.05) is 0 Å². The number of halogens is 2. The Hall–Kier alpha value is -0.747. The summed E-state index contributed by atoms with van der Waals surface area (Å²) in [6.45, 7) is 6.58. The van der Waals surface area contributed by atoms with Crippen molar-refractivity contribution in [1.29, 1.82) is 0 Å². The maximum absolute atomic E-state index is 3.34. The van der Waals surface area contributed by atoms with Crippen molar-refractivity contribution in [3.63, 3.8) is 0 Å². The van der Waals surface area contributed by atoms with Crippen molar-refractivity contribution in [2.24, 2.45) is 0 Å². The molecule has 0 saturated heterocycles. The van der Waals surface area contributed by atoms with Gasteiger partial charge in [0.1, 0.15) is 0 Å². The van der Waals surface area contributed by atoms with Gasteiger partial charge >= 0.3 is 26.2 Å². The van der Waals surface area contributed by atoms with Gasteiger partial charge in [-0.2, -0.15) is 41.5 Å². The fourth-order valence-electron chi connectivity index (χ4n) is 3.06. The summed E-state index contributed by atoms with van der Waals surface area (Å²) >= 11 is 0. The molecule has 0 heterocycles. The molecular formula is C22H22Cl2Zr. The molecule has 25 heavy (non-hydrogen) atoms. The summed E-state index contributed by atoms with van der Waals surface area (Å²) in [4.78, 5) is 0. The van der Waals surface area contributed by atoms with Crippen molar-refractivity contribution in [3.8, 4) is 11.1 Å². The molecule has 0 atom stereocenters. The molecule has 0 unspecified atom stereocenters. The van der Waals surface area contributed by atoms with Gasteiger partial charge in [0.15, 0.2) is 0 Å². The first-order valence-electron chi connectivity index (χ1n) is 7.97. The molecule has 1 aliphatic rings. The number of benzene rings is 2. The molecule has 3 aromatic carbocycles. The van der Waals surface area contributed by atoms with E-state index in [-0.39, 0.29) is 51.0 Å². The Bertz CT molecular complexity index is 761. The van der Waals surface area contributed by atoms with Crippen LogP contribution in [0.4, 0.5) is 0 Å². The average Bonchev–Trinajstić information content (AvgIpc) is 3.16. The molecule has 0 aromatic heterocycles. The van der Waals surface area contributed by atoms with Gasteiger partial charge in [0.2, 0.25) is 0 Å². The zero-order valence-corrected chi connectivity index (χ0v) is 18.8. The first kappa shape index (κ1) is 24.3. The van der Waals surface area contributed by atoms with Gasteiger partial charge in [0.25, 0.3) is 0 Å². The van der Waals surface area contributed by atoms with Crippen LogP contribution >= 0.6 is 0 Å². The predicted octanol–water partition coefficient (Wildman–Crippen LogP) is -0.0992. The minimum Gasteiger partial charge on any atom is -1.00 e. The van der Waals surface area contributed by atoms with Crippen molar-refractivity contribution >= 4 is 0 Å². The number of rotatable bonds is 1. The van der Waals surface area contributed by atoms with Crippen LogP contribution in [0.2, 0.25) is 0 Å². The van der Waals surface area contributed by atoms with E-state index in [0.717, 1.165) is 6.42 Å². The second kappa shape index (κ2) is 11.1. The second-order valence-corrected chi connectivity index (χ2v) is 6.22. The standard InChI is InChI=1S/C14H11.C8H11.2ClH.Zr/c1-10-5-4-7-12-9-11-6-2-3-8-13(11)14(10)12;1-7(2)8-5-3-4-6-8;;;/h2-6,8H,9H2,1H3;3-7H,1-2H3;2*1H;/q2*-1;;;+4/p-2. The van der Waals surface area contributed by atoms with Gasteiger partial charge in [-0.1, -0.05) is 56.2 Å². The summed E-state index contributed by atoms with van der Waals surface area (Å²) in [6.07, 6.45) is 1.05. The number of hydrogen-bond donors (Lipinski definition) is 0. The van der Waals surface area contributed by atoms with Crippen LogP contribution in [0.1, 0.15) is 42.0 Å². The molecule has 0 spiro atoms. The fraction of sp³-hybridized carbons (Fsp3) is 0.227. The topological polar surface area (TPSA) is 0 Å². The normalized spacial score (nSPS) is 10.2. The molecule has 0 fully saturated rings. The maximum atomic E-state index is 3.34. The third kappa shape index (κ3) is 5.61. The Morgan fingerprint density at radius 2 is 1.72 bits per heavy atom. The van der Waals surface area contributed by atoms with Crippen LogP contribution in [0.15, 0.2) is 60.7 Å². The molecular weight excluding hydrogens is 426 g/mol. The molecule has 128 valence electrons. The van der Waals surface area contributed by atoms with Gasteiger partial charge < -0.3 is 24.8 Å². The smallest absolute Gasteiger partial charge is 1.00 e. The van der Waals surface area contributed by atoms with E-state index < -0.39 is 0 Å². The van der Waals surface area contributed by atoms with Gasteiger partial charge in [-0.3, -0.25) is 0 Å². The molecule has 0 saturated carbocycles. The van der Waals surface area contributed by atoms with E-state index in [4.69, 9.17) is 0 Å². The second-order valence-electron chi connectivity index (χ2n) is 6.22. The Labute approximate surface area is 183 Å². The Morgan fingerprint density at radius 1 is 1.00 bits per heavy atom. The largest absolute Gasteiger partial charge is 4.00 e. The van der Waals surface area contributed by atoms with Crippen LogP contribution in [-0.4, -0.2) is 0 Å². The summed E-state index contributed by atoms with van der Waals surface area (Å²) in [5.74, 6) is 0.685. The molecule has 0 aliphatic heterocycles. The third-order valence-corrected chi connectivity index (χ3v) is 4.30. The maximum Gasteiger partial charge on any atom is 4.00 e. The van der Waals surface area contributed by atoms with Crippen LogP contribution in [0.5, 0.6) is 0 Å². The molecule has 3 heteroatoms. The summed E-state index contributed by atoms with van der Waals surface area (Å²) < 4.78 is 0. The molecule has 0 amide bonds. The average molecular weight is 449 g/mol. The zero-order chi connectivity index (χ0) is 15.5. The first-order valence-corrected chi connectivity index (χ1v) is 7.97. The fourth-order valence-corrected chi connectivity index (χ4v) is 3.06. The van der Waals surface area contributed by atoms with E-state index in [1.54, 1.807) is 0 Å². The summed E-state index contributed by atoms with van der Waals surface area (Å²) in [7, 11) is 0. The quantitative estimate of drug-likeness (QED) is 0.357. The van der Waals surface area contributed by atoms with Crippen molar-refractivity contribution in [1.82, 2.24) is 0 Å². The molecule has 0 N–H and O–H groups in total. The molecule has 3 aromatic rings. The van der Waals surface area contributed by atoms with Crippen LogP contribution < -0.4 is 24.8 Å². The molecule has 1 aliphatic carbocycles. The van der Waals surface area contributed by atoms with Gasteiger partial charge in [-0.05, 0) is 12.3 Å². The van der Waals surface area contributed by atoms with Crippen molar-refractivity contribution in [3.05, 3.63) is 89.0 Å². The van der Waals surface area contributed by atoms with E-state index in [1.165, 1.54) is 33.4 Å². The molecule has 0 radical (unpaired) electrons. The third-order valence-electron chi connectivity index (χ3n) is 4.30. The van der Waals surface area contributed by atoms with E-state index in [2.05, 4.69) is 81.4 Å². The van der Waals surface area contributed by atoms with Crippen molar-refractivity contribution < 1.29 is 51.0 Å². The van der Waals surface area contributed by atoms with E-state index >= 15 is 0 Å². The van der Waals surface area contributed by atoms with Crippen LogP contribution in [-0.2, 0) is 32.6 Å². The SMILES string of the molecule is CC(C)c1ccc[cH-]1.Cc1cc[c-]c2c1-c1ccccc1C2.[Cl-].[Cl-].[Zr+4]. The van der Waals surface area contributed by atoms with Gasteiger partial charge in [-0.25, -0.2) is 12.1 Å². The summed E-state index contributed by atoms with van der Waals surface area (Å²) in [5, 5.41) is 0. The van der Waals surface area contributed by atoms with Crippen LogP contribution in [0.25, 0.3) is 11.1 Å². The zero-order valence-electron chi connectivity index (χ0n) is 14.8. The number of aryl methyl sites for hydroxylation is 1. The van der Waals surface area contributed by atoms with Gasteiger partial charge in [-0.15, -0.1) is 11.1 Å². The minimum absolute atomic E-state index is 0. The number of hydrogen-bond acceptors (Lipinski definition) is 0.